The molecule has 108 valence electrons. The van der Waals surface area contributed by atoms with Crippen molar-refractivity contribution in [1.82, 2.24) is 16.4 Å². The quantitative estimate of drug-likeness (QED) is 0.529. The van der Waals surface area contributed by atoms with Crippen LogP contribution in [0.3, 0.4) is 0 Å². The van der Waals surface area contributed by atoms with Crippen molar-refractivity contribution in [2.24, 2.45) is 10.9 Å². The minimum absolute atomic E-state index is 0. The molecular formula is C14H27N5. The second-order valence-corrected chi connectivity index (χ2v) is 5.78. The summed E-state index contributed by atoms with van der Waals surface area (Å²) in [6, 6.07) is 0. The number of nitrogens with zero attached hydrogens (tertiary/aromatic N) is 2. The zero-order valence-corrected chi connectivity index (χ0v) is 11.6. The van der Waals surface area contributed by atoms with Crippen LogP contribution >= 0.6 is 0 Å². The summed E-state index contributed by atoms with van der Waals surface area (Å²) in [6.07, 6.45) is 13.3. The summed E-state index contributed by atoms with van der Waals surface area (Å²) in [4.78, 5) is 6.77. The highest BCUT2D eigenvalue weighted by molar-refractivity contribution is 5.82. The molecule has 0 aromatic rings. The molecule has 3 aliphatic rings. The van der Waals surface area contributed by atoms with Crippen molar-refractivity contribution in [1.29, 1.82) is 5.41 Å². The van der Waals surface area contributed by atoms with Gasteiger partial charge in [0.2, 0.25) is 0 Å². The molecule has 0 aromatic heterocycles. The Labute approximate surface area is 116 Å². The molecule has 1 aliphatic carbocycles. The molecule has 3 rings (SSSR count). The fraction of sp³-hybridized carbons (Fsp3) is 0.714. The number of hydrogen-bond donors (Lipinski definition) is 3. The Hall–Kier alpha value is -1.36. The average molecular weight is 265 g/mol. The lowest BCUT2D eigenvalue weighted by Crippen LogP contribution is -2.53. The van der Waals surface area contributed by atoms with Crippen molar-refractivity contribution in [3.63, 3.8) is 0 Å². The maximum atomic E-state index is 8.31. The fourth-order valence-electron chi connectivity index (χ4n) is 3.28. The molecule has 1 spiro atoms. The summed E-state index contributed by atoms with van der Waals surface area (Å²) >= 11 is 0. The minimum atomic E-state index is -0.180. The van der Waals surface area contributed by atoms with Crippen LogP contribution in [0.2, 0.25) is 0 Å². The van der Waals surface area contributed by atoms with Crippen LogP contribution in [-0.4, -0.2) is 35.7 Å². The lowest BCUT2D eigenvalue weighted by Gasteiger charge is -2.37. The van der Waals surface area contributed by atoms with Crippen molar-refractivity contribution >= 4 is 12.1 Å². The van der Waals surface area contributed by atoms with Crippen molar-refractivity contribution in [3.05, 3.63) is 12.3 Å². The van der Waals surface area contributed by atoms with E-state index in [1.165, 1.54) is 25.7 Å². The van der Waals surface area contributed by atoms with Gasteiger partial charge in [0.1, 0.15) is 5.66 Å². The van der Waals surface area contributed by atoms with Crippen LogP contribution in [0.5, 0.6) is 0 Å². The van der Waals surface area contributed by atoms with E-state index in [0.717, 1.165) is 37.7 Å². The van der Waals surface area contributed by atoms with Gasteiger partial charge in [-0.2, -0.15) is 0 Å². The first-order valence-corrected chi connectivity index (χ1v) is 7.06. The fourth-order valence-corrected chi connectivity index (χ4v) is 3.28. The van der Waals surface area contributed by atoms with Crippen LogP contribution in [-0.2, 0) is 0 Å². The van der Waals surface area contributed by atoms with Crippen LogP contribution in [0, 0.1) is 11.3 Å². The van der Waals surface area contributed by atoms with Crippen LogP contribution in [0.25, 0.3) is 0 Å². The lowest BCUT2D eigenvalue weighted by atomic mass is 10.0. The molecule has 1 saturated carbocycles. The van der Waals surface area contributed by atoms with E-state index in [9.17, 15) is 0 Å². The molecule has 1 atom stereocenters. The first kappa shape index (κ1) is 14.1. The van der Waals surface area contributed by atoms with Gasteiger partial charge in [-0.05, 0) is 12.1 Å². The smallest absolute Gasteiger partial charge is 0.150 e. The third kappa shape index (κ3) is 2.97. The second kappa shape index (κ2) is 5.74. The normalized spacial score (nSPS) is 29.6. The molecule has 0 bridgehead atoms. The van der Waals surface area contributed by atoms with Gasteiger partial charge in [0.05, 0.1) is 18.9 Å². The van der Waals surface area contributed by atoms with Gasteiger partial charge in [-0.15, -0.1) is 0 Å². The number of amidine groups is 1. The molecule has 5 nitrogen and oxygen atoms in total. The summed E-state index contributed by atoms with van der Waals surface area (Å²) in [7, 11) is 0. The summed E-state index contributed by atoms with van der Waals surface area (Å²) in [6.45, 7) is 1.64. The van der Waals surface area contributed by atoms with Gasteiger partial charge < -0.3 is 16.4 Å². The Kier molecular flexibility index (Phi) is 4.24. The molecule has 19 heavy (non-hydrogen) atoms. The number of rotatable bonds is 2. The molecule has 0 radical (unpaired) electrons. The SMILES string of the molecule is N.N=C(CC1CCCC1)N1CC=NC2(CC=CN2)C1.[HH]. The Balaban J connectivity index is 0.000001000. The average Bonchev–Trinajstić information content (AvgIpc) is 3.02. The summed E-state index contributed by atoms with van der Waals surface area (Å²) in [5, 5.41) is 11.6. The molecular weight excluding hydrogens is 238 g/mol. The maximum absolute atomic E-state index is 8.31. The van der Waals surface area contributed by atoms with Crippen molar-refractivity contribution < 1.29 is 1.43 Å². The molecule has 0 aromatic carbocycles. The maximum Gasteiger partial charge on any atom is 0.150 e. The predicted octanol–water partition coefficient (Wildman–Crippen LogP) is 2.54. The van der Waals surface area contributed by atoms with E-state index in [-0.39, 0.29) is 13.2 Å². The zero-order chi connectivity index (χ0) is 12.4. The lowest BCUT2D eigenvalue weighted by molar-refractivity contribution is 0.281. The van der Waals surface area contributed by atoms with E-state index in [1.54, 1.807) is 0 Å². The van der Waals surface area contributed by atoms with Crippen LogP contribution in [0.15, 0.2) is 17.3 Å². The zero-order valence-electron chi connectivity index (χ0n) is 11.6. The molecule has 2 heterocycles. The molecule has 2 aliphatic heterocycles. The summed E-state index contributed by atoms with van der Waals surface area (Å²) in [5.74, 6) is 1.56. The van der Waals surface area contributed by atoms with Gasteiger partial charge in [0.15, 0.2) is 0 Å². The molecule has 5 heteroatoms. The van der Waals surface area contributed by atoms with E-state index < -0.39 is 0 Å². The van der Waals surface area contributed by atoms with Gasteiger partial charge in [-0.1, -0.05) is 31.8 Å². The Morgan fingerprint density at radius 1 is 1.47 bits per heavy atom. The first-order valence-electron chi connectivity index (χ1n) is 7.06. The molecule has 0 amide bonds. The highest BCUT2D eigenvalue weighted by Crippen LogP contribution is 2.29. The van der Waals surface area contributed by atoms with E-state index in [0.29, 0.717) is 0 Å². The van der Waals surface area contributed by atoms with Gasteiger partial charge in [0, 0.05) is 20.5 Å². The largest absolute Gasteiger partial charge is 0.366 e. The van der Waals surface area contributed by atoms with E-state index in [1.807, 2.05) is 12.4 Å². The standard InChI is InChI=1S/C14H22N4.H3N.H2/c15-13(10-12-4-1-2-5-12)18-9-8-17-14(11-18)6-3-7-16-14;;/h3,7-8,12,15-16H,1-2,4-6,9-11H2;1H3;1H. The molecule has 1 unspecified atom stereocenters. The van der Waals surface area contributed by atoms with Crippen molar-refractivity contribution in [2.75, 3.05) is 13.1 Å². The van der Waals surface area contributed by atoms with Gasteiger partial charge in [-0.3, -0.25) is 10.4 Å². The number of nitrogens with one attached hydrogen (secondary N) is 2. The van der Waals surface area contributed by atoms with Crippen LogP contribution in [0.1, 0.15) is 40.0 Å². The predicted molar refractivity (Wildman–Crippen MR) is 81.1 cm³/mol. The third-order valence-electron chi connectivity index (χ3n) is 4.36. The van der Waals surface area contributed by atoms with Gasteiger partial charge >= 0.3 is 0 Å². The van der Waals surface area contributed by atoms with Crippen molar-refractivity contribution in [3.8, 4) is 0 Å². The third-order valence-corrected chi connectivity index (χ3v) is 4.36. The van der Waals surface area contributed by atoms with Gasteiger partial charge in [-0.25, -0.2) is 0 Å². The first-order chi connectivity index (χ1) is 8.77. The molecule has 1 fully saturated rings. The van der Waals surface area contributed by atoms with E-state index >= 15 is 0 Å². The Morgan fingerprint density at radius 3 is 2.95 bits per heavy atom. The van der Waals surface area contributed by atoms with Crippen LogP contribution < -0.4 is 11.5 Å². The van der Waals surface area contributed by atoms with Crippen molar-refractivity contribution in [2.45, 2.75) is 44.2 Å². The Bertz CT molecular complexity index is 379. The second-order valence-electron chi connectivity index (χ2n) is 5.78. The molecule has 5 N–H and O–H groups in total. The number of aliphatic imine (C=N–C) groups is 1. The summed E-state index contributed by atoms with van der Waals surface area (Å²) < 4.78 is 0. The highest BCUT2D eigenvalue weighted by Gasteiger charge is 2.35. The highest BCUT2D eigenvalue weighted by atomic mass is 15.3. The summed E-state index contributed by atoms with van der Waals surface area (Å²) in [5.41, 5.74) is -0.180. The van der Waals surface area contributed by atoms with E-state index in [4.69, 9.17) is 5.41 Å². The van der Waals surface area contributed by atoms with Crippen LogP contribution in [0.4, 0.5) is 0 Å². The topological polar surface area (TPSA) is 86.5 Å². The van der Waals surface area contributed by atoms with E-state index in [2.05, 4.69) is 21.3 Å². The van der Waals surface area contributed by atoms with Gasteiger partial charge in [0.25, 0.3) is 0 Å². The number of hydrogen-bond acceptors (Lipinski definition) is 4. The minimum Gasteiger partial charge on any atom is -0.366 e. The Morgan fingerprint density at radius 2 is 2.26 bits per heavy atom. The molecule has 0 saturated heterocycles. The monoisotopic (exact) mass is 265 g/mol.